The number of nitrogens with one attached hydrogen (secondary N) is 1. The number of aliphatic hydroxyl groups is 1. The summed E-state index contributed by atoms with van der Waals surface area (Å²) in [7, 11) is 2.15. The van der Waals surface area contributed by atoms with Crippen molar-refractivity contribution in [3.05, 3.63) is 54.1 Å². The van der Waals surface area contributed by atoms with Gasteiger partial charge in [-0.1, -0.05) is 24.3 Å². The molecule has 2 aromatic carbocycles. The maximum absolute atomic E-state index is 13.0. The molecule has 174 valence electrons. The summed E-state index contributed by atoms with van der Waals surface area (Å²) in [6.07, 6.45) is 1.10. The fourth-order valence-electron chi connectivity index (χ4n) is 4.76. The first kappa shape index (κ1) is 21.9. The Morgan fingerprint density at radius 3 is 2.27 bits per heavy atom. The molecule has 2 amide bonds. The first-order chi connectivity index (χ1) is 15.9. The lowest BCUT2D eigenvalue weighted by molar-refractivity contribution is -0.143. The lowest BCUT2D eigenvalue weighted by Crippen LogP contribution is -2.53. The summed E-state index contributed by atoms with van der Waals surface area (Å²) in [5.74, 6) is 0.512. The van der Waals surface area contributed by atoms with Crippen molar-refractivity contribution in [2.24, 2.45) is 5.92 Å². The molecule has 1 saturated carbocycles. The molecule has 0 aromatic heterocycles. The van der Waals surface area contributed by atoms with Gasteiger partial charge in [0.25, 0.3) is 11.8 Å². The van der Waals surface area contributed by atoms with E-state index < -0.39 is 5.60 Å². The van der Waals surface area contributed by atoms with E-state index >= 15 is 0 Å². The van der Waals surface area contributed by atoms with Gasteiger partial charge in [-0.3, -0.25) is 9.59 Å². The second-order valence-electron chi connectivity index (χ2n) is 9.74. The molecule has 1 aliphatic carbocycles. The van der Waals surface area contributed by atoms with Crippen LogP contribution >= 0.6 is 0 Å². The smallest absolute Gasteiger partial charge is 0.254 e. The highest BCUT2D eigenvalue weighted by molar-refractivity contribution is 5.95. The van der Waals surface area contributed by atoms with E-state index in [1.807, 2.05) is 24.3 Å². The fraction of sp³-hybridized carbons (Fsp3) is 0.462. The van der Waals surface area contributed by atoms with Crippen LogP contribution in [0.5, 0.6) is 0 Å². The van der Waals surface area contributed by atoms with Gasteiger partial charge < -0.3 is 25.1 Å². The molecular formula is C26H32N4O3. The SMILES string of the molecule is CN1CC(CNc2cccc(-c3ccc(C(=O)N4CCN(C(=O)C5(O)CC5)CC4)cc3)c2)C1. The third-order valence-electron chi connectivity index (χ3n) is 7.04. The fourth-order valence-corrected chi connectivity index (χ4v) is 4.76. The van der Waals surface area contributed by atoms with Crippen LogP contribution in [0.15, 0.2) is 48.5 Å². The normalized spacial score (nSPS) is 20.3. The van der Waals surface area contributed by atoms with Crippen molar-refractivity contribution in [3.8, 4) is 11.1 Å². The zero-order valence-electron chi connectivity index (χ0n) is 19.2. The van der Waals surface area contributed by atoms with Crippen molar-refractivity contribution in [1.29, 1.82) is 0 Å². The van der Waals surface area contributed by atoms with Gasteiger partial charge in [0, 0.05) is 63.0 Å². The molecule has 0 radical (unpaired) electrons. The number of hydrogen-bond donors (Lipinski definition) is 2. The van der Waals surface area contributed by atoms with E-state index in [9.17, 15) is 14.7 Å². The summed E-state index contributed by atoms with van der Waals surface area (Å²) < 4.78 is 0. The zero-order chi connectivity index (χ0) is 23.0. The van der Waals surface area contributed by atoms with Crippen LogP contribution in [0.4, 0.5) is 5.69 Å². The standard InChI is InChI=1S/C26H32N4O3/c1-28-17-19(18-28)16-27-23-4-2-3-22(15-23)20-5-7-21(8-6-20)24(31)29-11-13-30(14-12-29)25(32)26(33)9-10-26/h2-8,15,19,27,33H,9-14,16-18H2,1H3. The molecular weight excluding hydrogens is 416 g/mol. The first-order valence-corrected chi connectivity index (χ1v) is 11.9. The molecule has 0 spiro atoms. The Hall–Kier alpha value is -2.90. The van der Waals surface area contributed by atoms with E-state index in [1.54, 1.807) is 9.80 Å². The minimum atomic E-state index is -1.14. The third-order valence-corrected chi connectivity index (χ3v) is 7.04. The van der Waals surface area contributed by atoms with Crippen LogP contribution in [0.1, 0.15) is 23.2 Å². The highest BCUT2D eigenvalue weighted by Crippen LogP contribution is 2.37. The van der Waals surface area contributed by atoms with Crippen molar-refractivity contribution in [2.75, 3.05) is 58.2 Å². The average molecular weight is 449 g/mol. The van der Waals surface area contributed by atoms with Crippen LogP contribution in [-0.4, -0.2) is 90.1 Å². The van der Waals surface area contributed by atoms with Crippen LogP contribution in [0.25, 0.3) is 11.1 Å². The van der Waals surface area contributed by atoms with Crippen molar-refractivity contribution >= 4 is 17.5 Å². The second kappa shape index (κ2) is 8.80. The van der Waals surface area contributed by atoms with Crippen molar-refractivity contribution in [2.45, 2.75) is 18.4 Å². The van der Waals surface area contributed by atoms with Crippen LogP contribution in [0.2, 0.25) is 0 Å². The monoisotopic (exact) mass is 448 g/mol. The van der Waals surface area contributed by atoms with Crippen LogP contribution in [0, 0.1) is 5.92 Å². The Kier molecular flexibility index (Phi) is 5.85. The largest absolute Gasteiger partial charge is 0.385 e. The molecule has 2 N–H and O–H groups in total. The van der Waals surface area contributed by atoms with Crippen LogP contribution in [-0.2, 0) is 4.79 Å². The maximum Gasteiger partial charge on any atom is 0.254 e. The lowest BCUT2D eigenvalue weighted by Gasteiger charge is -2.36. The number of carbonyl (C=O) groups excluding carboxylic acids is 2. The van der Waals surface area contributed by atoms with Gasteiger partial charge in [-0.15, -0.1) is 0 Å². The summed E-state index contributed by atoms with van der Waals surface area (Å²) >= 11 is 0. The number of benzene rings is 2. The molecule has 3 fully saturated rings. The van der Waals surface area contributed by atoms with Gasteiger partial charge in [-0.2, -0.15) is 0 Å². The molecule has 2 saturated heterocycles. The number of likely N-dealkylation sites (tertiary alicyclic amines) is 1. The van der Waals surface area contributed by atoms with E-state index in [4.69, 9.17) is 0 Å². The number of anilines is 1. The number of amides is 2. The molecule has 2 aromatic rings. The molecule has 0 unspecified atom stereocenters. The minimum Gasteiger partial charge on any atom is -0.385 e. The number of nitrogens with zero attached hydrogens (tertiary/aromatic N) is 3. The van der Waals surface area contributed by atoms with Crippen molar-refractivity contribution < 1.29 is 14.7 Å². The van der Waals surface area contributed by atoms with Gasteiger partial charge in [0.2, 0.25) is 0 Å². The summed E-state index contributed by atoms with van der Waals surface area (Å²) in [6, 6.07) is 16.1. The Balaban J connectivity index is 1.17. The van der Waals surface area contributed by atoms with Gasteiger partial charge >= 0.3 is 0 Å². The highest BCUT2D eigenvalue weighted by atomic mass is 16.3. The van der Waals surface area contributed by atoms with Gasteiger partial charge in [0.15, 0.2) is 0 Å². The molecule has 7 nitrogen and oxygen atoms in total. The number of hydrogen-bond acceptors (Lipinski definition) is 5. The van der Waals surface area contributed by atoms with E-state index in [-0.39, 0.29) is 11.8 Å². The molecule has 7 heteroatoms. The quantitative estimate of drug-likeness (QED) is 0.708. The molecule has 2 heterocycles. The summed E-state index contributed by atoms with van der Waals surface area (Å²) in [5.41, 5.74) is 2.83. The predicted molar refractivity (Wildman–Crippen MR) is 128 cm³/mol. The Labute approximate surface area is 195 Å². The van der Waals surface area contributed by atoms with E-state index in [0.29, 0.717) is 50.5 Å². The van der Waals surface area contributed by atoms with Gasteiger partial charge in [0.05, 0.1) is 0 Å². The van der Waals surface area contributed by atoms with Crippen LogP contribution in [0.3, 0.4) is 0 Å². The van der Waals surface area contributed by atoms with Crippen LogP contribution < -0.4 is 5.32 Å². The highest BCUT2D eigenvalue weighted by Gasteiger charge is 2.50. The Morgan fingerprint density at radius 2 is 1.64 bits per heavy atom. The number of carbonyl (C=O) groups is 2. The van der Waals surface area contributed by atoms with E-state index in [0.717, 1.165) is 36.4 Å². The Bertz CT molecular complexity index is 1020. The number of rotatable bonds is 6. The molecule has 5 rings (SSSR count). The zero-order valence-corrected chi connectivity index (χ0v) is 19.2. The maximum atomic E-state index is 13.0. The number of piperazine rings is 1. The molecule has 3 aliphatic rings. The van der Waals surface area contributed by atoms with Gasteiger partial charge in [0.1, 0.15) is 5.60 Å². The second-order valence-corrected chi connectivity index (χ2v) is 9.74. The molecule has 33 heavy (non-hydrogen) atoms. The molecule has 0 atom stereocenters. The van der Waals surface area contributed by atoms with Crippen molar-refractivity contribution in [1.82, 2.24) is 14.7 Å². The molecule has 0 bridgehead atoms. The van der Waals surface area contributed by atoms with E-state index in [1.165, 1.54) is 0 Å². The predicted octanol–water partition coefficient (Wildman–Crippen LogP) is 2.14. The topological polar surface area (TPSA) is 76.1 Å². The minimum absolute atomic E-state index is 0.0142. The molecule has 2 aliphatic heterocycles. The summed E-state index contributed by atoms with van der Waals surface area (Å²) in [4.78, 5) is 31.0. The third kappa shape index (κ3) is 4.75. The lowest BCUT2D eigenvalue weighted by atomic mass is 10.0. The first-order valence-electron chi connectivity index (χ1n) is 11.9. The summed E-state index contributed by atoms with van der Waals surface area (Å²) in [5, 5.41) is 13.6. The van der Waals surface area contributed by atoms with Gasteiger partial charge in [-0.05, 0) is 55.3 Å². The Morgan fingerprint density at radius 1 is 0.970 bits per heavy atom. The van der Waals surface area contributed by atoms with E-state index in [2.05, 4.69) is 41.5 Å². The average Bonchev–Trinajstić information content (AvgIpc) is 3.59. The van der Waals surface area contributed by atoms with Crippen molar-refractivity contribution in [3.63, 3.8) is 0 Å². The summed E-state index contributed by atoms with van der Waals surface area (Å²) in [6.45, 7) is 5.22. The van der Waals surface area contributed by atoms with Gasteiger partial charge in [-0.25, -0.2) is 0 Å².